The van der Waals surface area contributed by atoms with Crippen molar-refractivity contribution in [2.24, 2.45) is 21.5 Å². The molecule has 1 spiro atoms. The van der Waals surface area contributed by atoms with Crippen molar-refractivity contribution in [2.45, 2.75) is 37.8 Å². The normalized spacial score (nSPS) is 20.7. The standard InChI is InChI=1S/C14H17Cl2N5O/c15-8-4-5-9(22)10(16)11(8)21-13(18)19-12(17)20-14(21)6-2-1-3-7-14/h4-5,22H,1-3,6-7H2,(H4,17,18,19,20). The van der Waals surface area contributed by atoms with Gasteiger partial charge in [-0.1, -0.05) is 29.6 Å². The topological polar surface area (TPSA) is 100 Å². The molecule has 0 amide bonds. The van der Waals surface area contributed by atoms with Crippen molar-refractivity contribution in [3.8, 4) is 5.75 Å². The monoisotopic (exact) mass is 341 g/mol. The van der Waals surface area contributed by atoms with Gasteiger partial charge in [-0.25, -0.2) is 4.99 Å². The molecule has 5 N–H and O–H groups in total. The van der Waals surface area contributed by atoms with Crippen LogP contribution in [0.4, 0.5) is 5.69 Å². The van der Waals surface area contributed by atoms with Crippen molar-refractivity contribution in [1.29, 1.82) is 0 Å². The Balaban J connectivity index is 2.19. The van der Waals surface area contributed by atoms with E-state index in [1.165, 1.54) is 6.07 Å². The zero-order valence-corrected chi connectivity index (χ0v) is 13.4. The van der Waals surface area contributed by atoms with Crippen LogP contribution in [0.1, 0.15) is 32.1 Å². The summed E-state index contributed by atoms with van der Waals surface area (Å²) in [7, 11) is 0. The molecule has 3 rings (SSSR count). The highest BCUT2D eigenvalue weighted by atomic mass is 35.5. The van der Waals surface area contributed by atoms with E-state index in [9.17, 15) is 5.11 Å². The summed E-state index contributed by atoms with van der Waals surface area (Å²) in [6, 6.07) is 3.01. The first-order valence-electron chi connectivity index (χ1n) is 7.11. The highest BCUT2D eigenvalue weighted by Gasteiger charge is 2.44. The Hall–Kier alpha value is -1.66. The van der Waals surface area contributed by atoms with Crippen molar-refractivity contribution >= 4 is 40.8 Å². The molecular weight excluding hydrogens is 325 g/mol. The number of aromatic hydroxyl groups is 1. The molecule has 2 aliphatic rings. The van der Waals surface area contributed by atoms with E-state index in [1.54, 1.807) is 11.0 Å². The summed E-state index contributed by atoms with van der Waals surface area (Å²) in [5, 5.41) is 10.4. The summed E-state index contributed by atoms with van der Waals surface area (Å²) in [6.07, 6.45) is 4.66. The second-order valence-corrected chi connectivity index (χ2v) is 6.33. The van der Waals surface area contributed by atoms with Crippen LogP contribution < -0.4 is 16.4 Å². The number of aliphatic imine (C=N–C) groups is 2. The smallest absolute Gasteiger partial charge is 0.220 e. The molecule has 0 radical (unpaired) electrons. The summed E-state index contributed by atoms with van der Waals surface area (Å²) in [5.74, 6) is 0.272. The van der Waals surface area contributed by atoms with Crippen LogP contribution in [0.25, 0.3) is 0 Å². The van der Waals surface area contributed by atoms with E-state index in [-0.39, 0.29) is 22.7 Å². The van der Waals surface area contributed by atoms with Crippen LogP contribution in [-0.4, -0.2) is 22.7 Å². The first kappa shape index (κ1) is 15.2. The molecule has 1 aliphatic heterocycles. The molecule has 8 heteroatoms. The summed E-state index contributed by atoms with van der Waals surface area (Å²) < 4.78 is 0. The van der Waals surface area contributed by atoms with Gasteiger partial charge in [-0.15, -0.1) is 0 Å². The van der Waals surface area contributed by atoms with Gasteiger partial charge in [0.25, 0.3) is 0 Å². The average molecular weight is 342 g/mol. The van der Waals surface area contributed by atoms with Gasteiger partial charge < -0.3 is 16.6 Å². The van der Waals surface area contributed by atoms with Gasteiger partial charge in [-0.2, -0.15) is 4.99 Å². The van der Waals surface area contributed by atoms with E-state index in [0.29, 0.717) is 10.7 Å². The summed E-state index contributed by atoms with van der Waals surface area (Å²) in [5.41, 5.74) is 11.7. The molecule has 1 aromatic carbocycles. The predicted molar refractivity (Wildman–Crippen MR) is 89.7 cm³/mol. The van der Waals surface area contributed by atoms with Crippen LogP contribution >= 0.6 is 23.2 Å². The third kappa shape index (κ3) is 2.36. The number of hydrogen-bond acceptors (Lipinski definition) is 6. The lowest BCUT2D eigenvalue weighted by Gasteiger charge is -2.46. The van der Waals surface area contributed by atoms with Crippen molar-refractivity contribution in [2.75, 3.05) is 4.90 Å². The maximum absolute atomic E-state index is 9.92. The second kappa shape index (κ2) is 5.52. The number of hydrogen-bond donors (Lipinski definition) is 3. The van der Waals surface area contributed by atoms with Crippen LogP contribution in [-0.2, 0) is 0 Å². The molecule has 0 saturated heterocycles. The highest BCUT2D eigenvalue weighted by Crippen LogP contribution is 2.46. The van der Waals surface area contributed by atoms with E-state index in [1.807, 2.05) is 0 Å². The second-order valence-electron chi connectivity index (χ2n) is 5.55. The van der Waals surface area contributed by atoms with Crippen molar-refractivity contribution in [3.05, 3.63) is 22.2 Å². The van der Waals surface area contributed by atoms with Crippen LogP contribution in [0.15, 0.2) is 22.1 Å². The third-order valence-corrected chi connectivity index (χ3v) is 4.80. The van der Waals surface area contributed by atoms with Gasteiger partial charge >= 0.3 is 0 Å². The molecule has 118 valence electrons. The SMILES string of the molecule is NC1=NC2(CCCCC2)N(c2c(Cl)ccc(O)c2Cl)C(N)=N1. The molecule has 0 aromatic heterocycles. The van der Waals surface area contributed by atoms with Gasteiger partial charge in [0.15, 0.2) is 0 Å². The fourth-order valence-corrected chi connectivity index (χ4v) is 3.72. The van der Waals surface area contributed by atoms with E-state index >= 15 is 0 Å². The Labute approximate surface area is 138 Å². The number of nitrogens with two attached hydrogens (primary N) is 2. The molecule has 0 bridgehead atoms. The number of phenolic OH excluding ortho intramolecular Hbond substituents is 1. The zero-order chi connectivity index (χ0) is 15.9. The minimum atomic E-state index is -0.644. The van der Waals surface area contributed by atoms with Crippen LogP contribution in [0, 0.1) is 0 Å². The maximum Gasteiger partial charge on any atom is 0.220 e. The van der Waals surface area contributed by atoms with Crippen molar-refractivity contribution < 1.29 is 5.11 Å². The summed E-state index contributed by atoms with van der Waals surface area (Å²) >= 11 is 12.6. The van der Waals surface area contributed by atoms with E-state index in [4.69, 9.17) is 34.7 Å². The fraction of sp³-hybridized carbons (Fsp3) is 0.429. The number of rotatable bonds is 1. The Morgan fingerprint density at radius 1 is 1.14 bits per heavy atom. The zero-order valence-electron chi connectivity index (χ0n) is 11.9. The van der Waals surface area contributed by atoms with E-state index in [2.05, 4.69) is 9.98 Å². The summed E-state index contributed by atoms with van der Waals surface area (Å²) in [6.45, 7) is 0. The molecular formula is C14H17Cl2N5O. The molecule has 1 saturated carbocycles. The Morgan fingerprint density at radius 3 is 2.50 bits per heavy atom. The van der Waals surface area contributed by atoms with Gasteiger partial charge in [-0.05, 0) is 37.8 Å². The fourth-order valence-electron chi connectivity index (χ4n) is 3.18. The third-order valence-electron chi connectivity index (χ3n) is 4.12. The minimum Gasteiger partial charge on any atom is -0.506 e. The molecule has 1 aliphatic carbocycles. The number of phenols is 1. The highest BCUT2D eigenvalue weighted by molar-refractivity contribution is 6.41. The number of halogens is 2. The van der Waals surface area contributed by atoms with E-state index < -0.39 is 5.66 Å². The number of benzene rings is 1. The van der Waals surface area contributed by atoms with Crippen molar-refractivity contribution in [3.63, 3.8) is 0 Å². The van der Waals surface area contributed by atoms with Gasteiger partial charge in [0.1, 0.15) is 16.4 Å². The van der Waals surface area contributed by atoms with Crippen LogP contribution in [0.5, 0.6) is 5.75 Å². The Morgan fingerprint density at radius 2 is 1.82 bits per heavy atom. The predicted octanol–water partition coefficient (Wildman–Crippen LogP) is 2.81. The van der Waals surface area contributed by atoms with Gasteiger partial charge in [0, 0.05) is 0 Å². The van der Waals surface area contributed by atoms with E-state index in [0.717, 1.165) is 32.1 Å². The Kier molecular flexibility index (Phi) is 3.82. The lowest BCUT2D eigenvalue weighted by molar-refractivity contribution is 0.305. The average Bonchev–Trinajstić information content (AvgIpc) is 2.47. The molecule has 1 fully saturated rings. The van der Waals surface area contributed by atoms with Gasteiger partial charge in [0.2, 0.25) is 11.9 Å². The van der Waals surface area contributed by atoms with Gasteiger partial charge in [0.05, 0.1) is 10.7 Å². The summed E-state index contributed by atoms with van der Waals surface area (Å²) in [4.78, 5) is 10.3. The molecule has 0 unspecified atom stereocenters. The quantitative estimate of drug-likeness (QED) is 0.730. The molecule has 22 heavy (non-hydrogen) atoms. The largest absolute Gasteiger partial charge is 0.506 e. The lowest BCUT2D eigenvalue weighted by atomic mass is 9.87. The molecule has 1 aromatic rings. The molecule has 1 heterocycles. The number of anilines is 1. The molecule has 6 nitrogen and oxygen atoms in total. The minimum absolute atomic E-state index is 0.0673. The van der Waals surface area contributed by atoms with Crippen LogP contribution in [0.3, 0.4) is 0 Å². The van der Waals surface area contributed by atoms with Crippen molar-refractivity contribution in [1.82, 2.24) is 0 Å². The van der Waals surface area contributed by atoms with Gasteiger partial charge in [-0.3, -0.25) is 4.90 Å². The van der Waals surface area contributed by atoms with Crippen LogP contribution in [0.2, 0.25) is 10.0 Å². The first-order chi connectivity index (χ1) is 10.4. The molecule has 0 atom stereocenters. The Bertz CT molecular complexity index is 667. The number of nitrogens with zero attached hydrogens (tertiary/aromatic N) is 3. The first-order valence-corrected chi connectivity index (χ1v) is 7.87. The maximum atomic E-state index is 9.92. The number of guanidine groups is 2. The lowest BCUT2D eigenvalue weighted by Crippen LogP contribution is -2.58.